The van der Waals surface area contributed by atoms with E-state index in [0.717, 1.165) is 5.92 Å². The van der Waals surface area contributed by atoms with Crippen LogP contribution >= 0.6 is 0 Å². The molecule has 0 radical (unpaired) electrons. The van der Waals surface area contributed by atoms with Gasteiger partial charge in [0.25, 0.3) is 0 Å². The van der Waals surface area contributed by atoms with Gasteiger partial charge in [-0.25, -0.2) is 0 Å². The summed E-state index contributed by atoms with van der Waals surface area (Å²) in [5.74, 6) is 1.03. The summed E-state index contributed by atoms with van der Waals surface area (Å²) < 4.78 is 0. The fourth-order valence-corrected chi connectivity index (χ4v) is 4.39. The highest BCUT2D eigenvalue weighted by atomic mass is 14.9. The van der Waals surface area contributed by atoms with Crippen LogP contribution in [0.3, 0.4) is 0 Å². The molecule has 1 fully saturated rings. The first-order chi connectivity index (χ1) is 10.2. The van der Waals surface area contributed by atoms with Gasteiger partial charge in [-0.15, -0.1) is 0 Å². The molecule has 0 saturated heterocycles. The number of benzene rings is 1. The highest BCUT2D eigenvalue weighted by Crippen LogP contribution is 2.41. The molecule has 1 saturated carbocycles. The van der Waals surface area contributed by atoms with E-state index >= 15 is 0 Å². The highest BCUT2D eigenvalue weighted by Gasteiger charge is 2.31. The zero-order chi connectivity index (χ0) is 14.7. The van der Waals surface area contributed by atoms with Crippen molar-refractivity contribution in [2.75, 3.05) is 6.54 Å². The van der Waals surface area contributed by atoms with E-state index in [0.29, 0.717) is 11.5 Å². The highest BCUT2D eigenvalue weighted by molar-refractivity contribution is 5.38. The molecule has 2 aliphatic rings. The van der Waals surface area contributed by atoms with Crippen LogP contribution in [0.15, 0.2) is 24.3 Å². The van der Waals surface area contributed by atoms with E-state index in [1.165, 1.54) is 57.9 Å². The van der Waals surface area contributed by atoms with E-state index in [2.05, 4.69) is 43.4 Å². The molecule has 0 heterocycles. The summed E-state index contributed by atoms with van der Waals surface area (Å²) in [4.78, 5) is 0. The summed E-state index contributed by atoms with van der Waals surface area (Å²) in [6, 6.07) is 9.65. The summed E-state index contributed by atoms with van der Waals surface area (Å²) >= 11 is 0. The molecule has 3 rings (SSSR count). The van der Waals surface area contributed by atoms with Crippen LogP contribution < -0.4 is 5.32 Å². The number of rotatable bonds is 5. The van der Waals surface area contributed by atoms with E-state index in [1.54, 1.807) is 11.1 Å². The van der Waals surface area contributed by atoms with Crippen molar-refractivity contribution in [2.45, 2.75) is 76.7 Å². The Morgan fingerprint density at radius 3 is 2.67 bits per heavy atom. The third-order valence-electron chi connectivity index (χ3n) is 5.78. The Morgan fingerprint density at radius 2 is 1.86 bits per heavy atom. The van der Waals surface area contributed by atoms with E-state index in [1.807, 2.05) is 0 Å². The second-order valence-corrected chi connectivity index (χ2v) is 7.81. The molecule has 21 heavy (non-hydrogen) atoms. The lowest BCUT2D eigenvalue weighted by Gasteiger charge is -2.37. The van der Waals surface area contributed by atoms with Crippen molar-refractivity contribution in [1.29, 1.82) is 0 Å². The summed E-state index contributed by atoms with van der Waals surface area (Å²) in [6.07, 6.45) is 11.3. The van der Waals surface area contributed by atoms with Gasteiger partial charge in [0.2, 0.25) is 0 Å². The maximum absolute atomic E-state index is 3.84. The minimum Gasteiger partial charge on any atom is -0.310 e. The number of fused-ring (bicyclic) bond motifs is 1. The lowest BCUT2D eigenvalue weighted by Crippen LogP contribution is -2.33. The lowest BCUT2D eigenvalue weighted by atomic mass is 9.71. The minimum absolute atomic E-state index is 0.346. The van der Waals surface area contributed by atoms with E-state index in [4.69, 9.17) is 0 Å². The fourth-order valence-electron chi connectivity index (χ4n) is 4.39. The summed E-state index contributed by atoms with van der Waals surface area (Å²) in [6.45, 7) is 5.97. The molecule has 1 aromatic carbocycles. The largest absolute Gasteiger partial charge is 0.310 e. The minimum atomic E-state index is 0.346. The van der Waals surface area contributed by atoms with Crippen LogP contribution in [-0.2, 0) is 5.41 Å². The van der Waals surface area contributed by atoms with Crippen LogP contribution in [0.1, 0.15) is 82.4 Å². The average Bonchev–Trinajstić information content (AvgIpc) is 2.99. The monoisotopic (exact) mass is 285 g/mol. The molecule has 0 spiro atoms. The Balaban J connectivity index is 1.54. The van der Waals surface area contributed by atoms with Gasteiger partial charge in [-0.1, -0.05) is 63.8 Å². The van der Waals surface area contributed by atoms with E-state index in [9.17, 15) is 0 Å². The molecular weight excluding hydrogens is 254 g/mol. The first kappa shape index (κ1) is 15.1. The van der Waals surface area contributed by atoms with Crippen molar-refractivity contribution in [1.82, 2.24) is 5.32 Å². The van der Waals surface area contributed by atoms with Gasteiger partial charge >= 0.3 is 0 Å². The average molecular weight is 285 g/mol. The maximum Gasteiger partial charge on any atom is 0.0323 e. The van der Waals surface area contributed by atoms with Crippen molar-refractivity contribution in [3.8, 4) is 0 Å². The summed E-state index contributed by atoms with van der Waals surface area (Å²) in [7, 11) is 0. The van der Waals surface area contributed by atoms with Gasteiger partial charge in [-0.3, -0.25) is 0 Å². The molecule has 116 valence electrons. The van der Waals surface area contributed by atoms with Crippen molar-refractivity contribution in [2.24, 2.45) is 5.92 Å². The zero-order valence-electron chi connectivity index (χ0n) is 13.8. The summed E-state index contributed by atoms with van der Waals surface area (Å²) in [5.41, 5.74) is 3.46. The Morgan fingerprint density at radius 1 is 1.10 bits per heavy atom. The topological polar surface area (TPSA) is 12.0 Å². The predicted octanol–water partition coefficient (Wildman–Crippen LogP) is 5.36. The van der Waals surface area contributed by atoms with E-state index < -0.39 is 0 Å². The van der Waals surface area contributed by atoms with Gasteiger partial charge in [0.05, 0.1) is 0 Å². The Kier molecular flexibility index (Phi) is 4.69. The molecule has 2 aliphatic carbocycles. The van der Waals surface area contributed by atoms with Crippen LogP contribution in [0.4, 0.5) is 0 Å². The number of hydrogen-bond donors (Lipinski definition) is 1. The van der Waals surface area contributed by atoms with Gasteiger partial charge < -0.3 is 5.32 Å². The molecule has 0 bridgehead atoms. The van der Waals surface area contributed by atoms with E-state index in [-0.39, 0.29) is 0 Å². The number of nitrogens with one attached hydrogen (secondary N) is 1. The maximum atomic E-state index is 3.84. The number of hydrogen-bond acceptors (Lipinski definition) is 1. The molecule has 0 aromatic heterocycles. The molecule has 1 nitrogen and oxygen atoms in total. The van der Waals surface area contributed by atoms with Crippen molar-refractivity contribution in [3.63, 3.8) is 0 Å². The van der Waals surface area contributed by atoms with Crippen LogP contribution in [0.25, 0.3) is 0 Å². The SMILES string of the molecule is CC1(C)CCC(NCCCC2CCCC2)c2ccccc21. The second-order valence-electron chi connectivity index (χ2n) is 7.81. The molecule has 0 amide bonds. The second kappa shape index (κ2) is 6.52. The Bertz CT molecular complexity index is 457. The third kappa shape index (κ3) is 3.51. The molecule has 1 atom stereocenters. The van der Waals surface area contributed by atoms with Gasteiger partial charge in [-0.05, 0) is 54.7 Å². The Hall–Kier alpha value is -0.820. The molecule has 1 unspecified atom stereocenters. The van der Waals surface area contributed by atoms with Crippen LogP contribution in [0.2, 0.25) is 0 Å². The summed E-state index contributed by atoms with van der Waals surface area (Å²) in [5, 5.41) is 3.84. The fraction of sp³-hybridized carbons (Fsp3) is 0.700. The normalized spacial score (nSPS) is 25.0. The third-order valence-corrected chi connectivity index (χ3v) is 5.78. The molecule has 0 aliphatic heterocycles. The zero-order valence-corrected chi connectivity index (χ0v) is 13.8. The molecule has 1 aromatic rings. The van der Waals surface area contributed by atoms with Gasteiger partial charge in [0.15, 0.2) is 0 Å². The first-order valence-corrected chi connectivity index (χ1v) is 8.99. The van der Waals surface area contributed by atoms with Crippen molar-refractivity contribution in [3.05, 3.63) is 35.4 Å². The van der Waals surface area contributed by atoms with Gasteiger partial charge in [-0.2, -0.15) is 0 Å². The van der Waals surface area contributed by atoms with Gasteiger partial charge in [0.1, 0.15) is 0 Å². The standard InChI is InChI=1S/C20H31N/c1-20(2)14-13-19(17-11-5-6-12-18(17)20)21-15-7-10-16-8-3-4-9-16/h5-6,11-12,16,19,21H,3-4,7-10,13-15H2,1-2H3. The Labute approximate surface area is 130 Å². The molecule has 1 heteroatoms. The van der Waals surface area contributed by atoms with Crippen LogP contribution in [-0.4, -0.2) is 6.54 Å². The van der Waals surface area contributed by atoms with Crippen molar-refractivity contribution >= 4 is 0 Å². The van der Waals surface area contributed by atoms with Crippen molar-refractivity contribution < 1.29 is 0 Å². The van der Waals surface area contributed by atoms with Crippen LogP contribution in [0.5, 0.6) is 0 Å². The lowest BCUT2D eigenvalue weighted by molar-refractivity contribution is 0.352. The van der Waals surface area contributed by atoms with Gasteiger partial charge in [0, 0.05) is 6.04 Å². The first-order valence-electron chi connectivity index (χ1n) is 8.99. The predicted molar refractivity (Wildman–Crippen MR) is 90.6 cm³/mol. The molecule has 1 N–H and O–H groups in total. The quantitative estimate of drug-likeness (QED) is 0.718. The van der Waals surface area contributed by atoms with Crippen LogP contribution in [0, 0.1) is 5.92 Å². The molecular formula is C20H31N. The smallest absolute Gasteiger partial charge is 0.0323 e.